The van der Waals surface area contributed by atoms with Crippen LogP contribution in [-0.4, -0.2) is 49.3 Å². The highest BCUT2D eigenvalue weighted by Gasteiger charge is 2.26. The summed E-state index contributed by atoms with van der Waals surface area (Å²) in [6, 6.07) is 0. The van der Waals surface area contributed by atoms with Crippen LogP contribution in [0.1, 0.15) is 251 Å². The van der Waals surface area contributed by atoms with Crippen molar-refractivity contribution in [1.82, 2.24) is 0 Å². The Hall–Kier alpha value is -2.03. The van der Waals surface area contributed by atoms with E-state index in [0.717, 1.165) is 57.8 Å². The first-order valence-electron chi connectivity index (χ1n) is 26.6. The minimum absolute atomic E-state index is 0.0553. The number of phosphoric ester groups is 1. The predicted octanol–water partition coefficient (Wildman–Crippen LogP) is 16.2. The lowest BCUT2D eigenvalue weighted by molar-refractivity contribution is -0.161. The second kappa shape index (κ2) is 50.4. The average molecular weight is 922 g/mol. The van der Waals surface area contributed by atoms with Crippen molar-refractivity contribution in [3.8, 4) is 0 Å². The molecule has 0 aliphatic carbocycles. The fraction of sp³-hybridized carbons (Fsp3) is 0.815. The molecule has 0 saturated heterocycles. The van der Waals surface area contributed by atoms with Crippen molar-refractivity contribution in [2.75, 3.05) is 26.4 Å². The highest BCUT2D eigenvalue weighted by atomic mass is 31.2. The maximum Gasteiger partial charge on any atom is 0.472 e. The average Bonchev–Trinajstić information content (AvgIpc) is 3.28. The molecule has 0 heterocycles. The lowest BCUT2D eigenvalue weighted by Crippen LogP contribution is -2.29. The number of ether oxygens (including phenoxy) is 2. The van der Waals surface area contributed by atoms with Gasteiger partial charge in [0.2, 0.25) is 0 Å². The molecule has 0 aromatic rings. The van der Waals surface area contributed by atoms with Crippen LogP contribution in [-0.2, 0) is 32.7 Å². The summed E-state index contributed by atoms with van der Waals surface area (Å²) in [6.45, 7) is 3.61. The van der Waals surface area contributed by atoms with Crippen LogP contribution in [0, 0.1) is 0 Å². The molecule has 0 spiro atoms. The van der Waals surface area contributed by atoms with Crippen LogP contribution in [0.5, 0.6) is 0 Å². The highest BCUT2D eigenvalue weighted by molar-refractivity contribution is 7.47. The van der Waals surface area contributed by atoms with E-state index in [2.05, 4.69) is 62.5 Å². The molecule has 3 N–H and O–H groups in total. The summed E-state index contributed by atoms with van der Waals surface area (Å²) in [5, 5.41) is 0. The molecular weight excluding hydrogens is 822 g/mol. The molecule has 10 heteroatoms. The van der Waals surface area contributed by atoms with Gasteiger partial charge in [0.05, 0.1) is 13.2 Å². The summed E-state index contributed by atoms with van der Waals surface area (Å²) in [4.78, 5) is 34.8. The lowest BCUT2D eigenvalue weighted by atomic mass is 10.0. The molecule has 0 bridgehead atoms. The number of nitrogens with two attached hydrogens (primary N) is 1. The number of phosphoric acid groups is 1. The third-order valence-corrected chi connectivity index (χ3v) is 12.5. The Morgan fingerprint density at radius 2 is 0.859 bits per heavy atom. The second-order valence-electron chi connectivity index (χ2n) is 17.7. The first-order valence-corrected chi connectivity index (χ1v) is 28.1. The molecule has 2 atom stereocenters. The van der Waals surface area contributed by atoms with Crippen molar-refractivity contribution in [2.24, 2.45) is 5.73 Å². The Balaban J connectivity index is 3.74. The van der Waals surface area contributed by atoms with Crippen LogP contribution < -0.4 is 5.73 Å². The maximum absolute atomic E-state index is 12.6. The van der Waals surface area contributed by atoms with E-state index < -0.39 is 26.5 Å². The van der Waals surface area contributed by atoms with Gasteiger partial charge in [0.1, 0.15) is 6.61 Å². The molecule has 2 unspecified atom stereocenters. The monoisotopic (exact) mass is 922 g/mol. The summed E-state index contributed by atoms with van der Waals surface area (Å²) < 4.78 is 32.8. The van der Waals surface area contributed by atoms with Crippen molar-refractivity contribution in [3.63, 3.8) is 0 Å². The van der Waals surface area contributed by atoms with E-state index in [1.54, 1.807) is 0 Å². The molecule has 0 fully saturated rings. The number of unbranched alkanes of at least 4 members (excludes halogenated alkanes) is 29. The van der Waals surface area contributed by atoms with E-state index in [0.29, 0.717) is 6.42 Å². The largest absolute Gasteiger partial charge is 0.472 e. The third-order valence-electron chi connectivity index (χ3n) is 11.5. The molecule has 0 aromatic carbocycles. The zero-order chi connectivity index (χ0) is 46.7. The molecule has 374 valence electrons. The van der Waals surface area contributed by atoms with Gasteiger partial charge in [-0.25, -0.2) is 4.57 Å². The number of rotatable bonds is 50. The molecular formula is C54H100NO8P. The van der Waals surface area contributed by atoms with Crippen molar-refractivity contribution in [2.45, 2.75) is 258 Å². The standard InChI is InChI=1S/C54H100NO8P/c1-3-5-7-9-11-13-14-15-16-17-18-19-20-21-22-23-24-25-26-27-28-29-30-31-32-33-34-35-36-37-38-39-41-43-45-47-54(57)63-52(51-62-64(58,59)61-49-48-55)50-60-53(56)46-44-42-40-12-10-8-6-4-2/h5,7,11,13,15-16,18-19,52H,3-4,6,8-10,12,14,17,20-51,55H2,1-2H3,(H,58,59)/b7-5-,13-11-,16-15-,19-18-. The van der Waals surface area contributed by atoms with Gasteiger partial charge in [-0.05, 0) is 51.4 Å². The van der Waals surface area contributed by atoms with Crippen LogP contribution in [0.4, 0.5) is 0 Å². The quantitative estimate of drug-likeness (QED) is 0.0265. The minimum Gasteiger partial charge on any atom is -0.462 e. The Bertz CT molecular complexity index is 1190. The van der Waals surface area contributed by atoms with Gasteiger partial charge >= 0.3 is 19.8 Å². The first kappa shape index (κ1) is 62.0. The fourth-order valence-electron chi connectivity index (χ4n) is 7.57. The molecule has 0 radical (unpaired) electrons. The summed E-state index contributed by atoms with van der Waals surface area (Å²) in [5.41, 5.74) is 5.35. The number of allylic oxidation sites excluding steroid dienone is 8. The predicted molar refractivity (Wildman–Crippen MR) is 270 cm³/mol. The second-order valence-corrected chi connectivity index (χ2v) is 19.2. The minimum atomic E-state index is -4.37. The van der Waals surface area contributed by atoms with Crippen molar-refractivity contribution >= 4 is 19.8 Å². The Kier molecular flexibility index (Phi) is 48.8. The van der Waals surface area contributed by atoms with E-state index in [4.69, 9.17) is 24.3 Å². The molecule has 0 aromatic heterocycles. The van der Waals surface area contributed by atoms with Crippen molar-refractivity contribution < 1.29 is 37.6 Å². The number of carbonyl (C=O) groups is 2. The first-order chi connectivity index (χ1) is 31.3. The molecule has 0 aliphatic heterocycles. The van der Waals surface area contributed by atoms with Gasteiger partial charge in [0, 0.05) is 19.4 Å². The number of hydrogen-bond acceptors (Lipinski definition) is 8. The van der Waals surface area contributed by atoms with Gasteiger partial charge < -0.3 is 20.1 Å². The summed E-state index contributed by atoms with van der Waals surface area (Å²) >= 11 is 0. The normalized spacial score (nSPS) is 13.5. The zero-order valence-corrected chi connectivity index (χ0v) is 42.4. The Morgan fingerprint density at radius 3 is 1.28 bits per heavy atom. The van der Waals surface area contributed by atoms with Gasteiger partial charge in [0.15, 0.2) is 6.10 Å². The van der Waals surface area contributed by atoms with Crippen LogP contribution in [0.15, 0.2) is 48.6 Å². The SMILES string of the molecule is CC/C=C\C/C=C\C/C=C\C/C=C\CCCCCCCCCCCCCCCCCCCCCCCCC(=O)OC(COC(=O)CCCCCCCCCC)COP(=O)(O)OCCN. The molecule has 9 nitrogen and oxygen atoms in total. The van der Waals surface area contributed by atoms with Crippen LogP contribution >= 0.6 is 7.82 Å². The van der Waals surface area contributed by atoms with Crippen LogP contribution in [0.2, 0.25) is 0 Å². The Labute approximate surface area is 394 Å². The van der Waals surface area contributed by atoms with Crippen molar-refractivity contribution in [3.05, 3.63) is 48.6 Å². The van der Waals surface area contributed by atoms with Crippen LogP contribution in [0.3, 0.4) is 0 Å². The van der Waals surface area contributed by atoms with Gasteiger partial charge in [-0.1, -0.05) is 236 Å². The maximum atomic E-state index is 12.6. The van der Waals surface area contributed by atoms with E-state index in [9.17, 15) is 19.0 Å². The van der Waals surface area contributed by atoms with Crippen molar-refractivity contribution in [1.29, 1.82) is 0 Å². The van der Waals surface area contributed by atoms with E-state index >= 15 is 0 Å². The summed E-state index contributed by atoms with van der Waals surface area (Å²) in [7, 11) is -4.37. The zero-order valence-electron chi connectivity index (χ0n) is 41.5. The van der Waals surface area contributed by atoms with E-state index in [1.165, 1.54) is 161 Å². The smallest absolute Gasteiger partial charge is 0.462 e. The van der Waals surface area contributed by atoms with Gasteiger partial charge in [0.25, 0.3) is 0 Å². The van der Waals surface area contributed by atoms with E-state index in [1.807, 2.05) is 0 Å². The molecule has 0 amide bonds. The van der Waals surface area contributed by atoms with E-state index in [-0.39, 0.29) is 38.6 Å². The van der Waals surface area contributed by atoms with Gasteiger partial charge in [-0.15, -0.1) is 0 Å². The number of hydrogen-bond donors (Lipinski definition) is 2. The lowest BCUT2D eigenvalue weighted by Gasteiger charge is -2.19. The molecule has 0 aliphatic rings. The highest BCUT2D eigenvalue weighted by Crippen LogP contribution is 2.43. The van der Waals surface area contributed by atoms with Gasteiger partial charge in [-0.2, -0.15) is 0 Å². The van der Waals surface area contributed by atoms with Gasteiger partial charge in [-0.3, -0.25) is 18.6 Å². The van der Waals surface area contributed by atoms with Crippen LogP contribution in [0.25, 0.3) is 0 Å². The molecule has 0 rings (SSSR count). The third kappa shape index (κ3) is 49.4. The summed E-state index contributed by atoms with van der Waals surface area (Å²) in [5.74, 6) is -0.823. The fourth-order valence-corrected chi connectivity index (χ4v) is 8.33. The topological polar surface area (TPSA) is 134 Å². The number of carbonyl (C=O) groups excluding carboxylic acids is 2. The summed E-state index contributed by atoms with van der Waals surface area (Å²) in [6.07, 6.45) is 60.6. The molecule has 0 saturated carbocycles. The Morgan fingerprint density at radius 1 is 0.484 bits per heavy atom. The number of esters is 2. The molecule has 64 heavy (non-hydrogen) atoms.